The highest BCUT2D eigenvalue weighted by atomic mass is 35.5. The van der Waals surface area contributed by atoms with Crippen LogP contribution in [0, 0.1) is 5.92 Å². The molecule has 0 aliphatic carbocycles. The summed E-state index contributed by atoms with van der Waals surface area (Å²) >= 11 is 8.19. The Bertz CT molecular complexity index is 1370. The van der Waals surface area contributed by atoms with E-state index in [4.69, 9.17) is 21.1 Å². The minimum atomic E-state index is -0.769. The summed E-state index contributed by atoms with van der Waals surface area (Å²) in [5, 5.41) is 0.314. The Kier molecular flexibility index (Phi) is 6.43. The van der Waals surface area contributed by atoms with Crippen LogP contribution in [0.2, 0.25) is 5.02 Å². The van der Waals surface area contributed by atoms with Crippen LogP contribution in [0.3, 0.4) is 0 Å². The number of imide groups is 1. The van der Waals surface area contributed by atoms with Crippen molar-refractivity contribution in [2.45, 2.75) is 23.1 Å². The van der Waals surface area contributed by atoms with Crippen molar-refractivity contribution in [1.82, 2.24) is 4.98 Å². The predicted octanol–water partition coefficient (Wildman–Crippen LogP) is 3.83. The van der Waals surface area contributed by atoms with Gasteiger partial charge in [-0.25, -0.2) is 9.69 Å². The first-order chi connectivity index (χ1) is 16.9. The minimum Gasteiger partial charge on any atom is -0.482 e. The molecule has 1 N–H and O–H groups in total. The fourth-order valence-electron chi connectivity index (χ4n) is 4.41. The Labute approximate surface area is 213 Å². The Balaban J connectivity index is 1.58. The number of nitrogens with one attached hydrogen (secondary N) is 1. The number of thioether (sulfide) groups is 1. The number of fused-ring (bicyclic) bond motifs is 2. The lowest BCUT2D eigenvalue weighted by molar-refractivity contribution is -0.145. The number of hydrogen-bond acceptors (Lipinski definition) is 8. The number of amides is 2. The molecular weight excluding hydrogens is 512 g/mol. The van der Waals surface area contributed by atoms with Crippen molar-refractivity contribution in [3.63, 3.8) is 0 Å². The molecule has 2 amide bonds. The lowest BCUT2D eigenvalue weighted by atomic mass is 9.82. The summed E-state index contributed by atoms with van der Waals surface area (Å²) in [5.74, 6) is -2.26. The van der Waals surface area contributed by atoms with Gasteiger partial charge in [0.15, 0.2) is 6.61 Å². The van der Waals surface area contributed by atoms with Gasteiger partial charge < -0.3 is 14.5 Å². The van der Waals surface area contributed by atoms with E-state index in [0.717, 1.165) is 11.3 Å². The summed E-state index contributed by atoms with van der Waals surface area (Å²) in [6.45, 7) is 1.63. The topological polar surface area (TPSA) is 106 Å². The van der Waals surface area contributed by atoms with Gasteiger partial charge in [0, 0.05) is 21.4 Å². The van der Waals surface area contributed by atoms with E-state index in [1.165, 1.54) is 16.7 Å². The summed E-state index contributed by atoms with van der Waals surface area (Å²) in [4.78, 5) is 55.8. The molecular formula is C24H19ClN2O6S2. The van der Waals surface area contributed by atoms with Gasteiger partial charge in [-0.3, -0.25) is 14.4 Å². The van der Waals surface area contributed by atoms with Gasteiger partial charge in [-0.1, -0.05) is 52.9 Å². The molecule has 2 aliphatic heterocycles. The highest BCUT2D eigenvalue weighted by Gasteiger charge is 2.56. The van der Waals surface area contributed by atoms with Crippen LogP contribution in [0.1, 0.15) is 23.3 Å². The van der Waals surface area contributed by atoms with Crippen molar-refractivity contribution in [2.24, 2.45) is 5.92 Å². The molecule has 0 saturated carbocycles. The molecule has 5 rings (SSSR count). The van der Waals surface area contributed by atoms with Crippen LogP contribution < -0.4 is 14.5 Å². The quantitative estimate of drug-likeness (QED) is 0.381. The van der Waals surface area contributed by atoms with Crippen LogP contribution in [0.5, 0.6) is 5.75 Å². The number of aromatic amines is 1. The van der Waals surface area contributed by atoms with Crippen molar-refractivity contribution in [2.75, 3.05) is 18.1 Å². The second-order valence-electron chi connectivity index (χ2n) is 7.87. The summed E-state index contributed by atoms with van der Waals surface area (Å²) in [6, 6.07) is 13.5. The molecule has 11 heteroatoms. The molecule has 3 heterocycles. The number of thiazole rings is 1. The van der Waals surface area contributed by atoms with Gasteiger partial charge in [0.2, 0.25) is 11.8 Å². The van der Waals surface area contributed by atoms with Crippen molar-refractivity contribution < 1.29 is 23.9 Å². The first-order valence-corrected chi connectivity index (χ1v) is 12.9. The molecule has 0 unspecified atom stereocenters. The highest BCUT2D eigenvalue weighted by Crippen LogP contribution is 2.54. The smallest absolute Gasteiger partial charge is 0.344 e. The molecule has 0 bridgehead atoms. The fraction of sp³-hybridized carbons (Fsp3) is 0.250. The van der Waals surface area contributed by atoms with E-state index in [1.54, 1.807) is 55.5 Å². The number of anilines is 1. The molecule has 3 aromatic rings. The number of H-pyrrole nitrogens is 1. The first kappa shape index (κ1) is 23.7. The van der Waals surface area contributed by atoms with Crippen LogP contribution in [0.4, 0.5) is 5.69 Å². The molecule has 0 spiro atoms. The molecule has 8 nitrogen and oxygen atoms in total. The van der Waals surface area contributed by atoms with E-state index in [9.17, 15) is 19.2 Å². The number of rotatable bonds is 6. The first-order valence-electron chi connectivity index (χ1n) is 10.8. The van der Waals surface area contributed by atoms with Crippen molar-refractivity contribution in [3.8, 4) is 5.75 Å². The average Bonchev–Trinajstić information content (AvgIpc) is 3.33. The van der Waals surface area contributed by atoms with Crippen LogP contribution in [0.15, 0.2) is 58.4 Å². The molecule has 1 aromatic heterocycles. The number of ether oxygens (including phenoxy) is 2. The summed E-state index contributed by atoms with van der Waals surface area (Å²) < 4.78 is 10.7. The van der Waals surface area contributed by atoms with Crippen LogP contribution in [-0.2, 0) is 19.1 Å². The normalized spacial score (nSPS) is 21.0. The largest absolute Gasteiger partial charge is 0.482 e. The zero-order valence-electron chi connectivity index (χ0n) is 18.4. The van der Waals surface area contributed by atoms with E-state index in [2.05, 4.69) is 4.98 Å². The summed E-state index contributed by atoms with van der Waals surface area (Å²) in [7, 11) is 0. The average molecular weight is 531 g/mol. The van der Waals surface area contributed by atoms with E-state index in [0.29, 0.717) is 31.9 Å². The van der Waals surface area contributed by atoms with Gasteiger partial charge >= 0.3 is 10.8 Å². The third-order valence-electron chi connectivity index (χ3n) is 5.81. The number of benzene rings is 2. The molecule has 2 aromatic carbocycles. The van der Waals surface area contributed by atoms with Crippen molar-refractivity contribution >= 4 is 58.2 Å². The zero-order valence-corrected chi connectivity index (χ0v) is 20.7. The SMILES string of the molecule is CCOC(=O)COc1ccccc1[C@@H]1c2sc(=O)[nH]c2S[C@H]2C(=O)N(c3ccc(Cl)cc3)C(=O)[C@@H]12. The Hall–Kier alpha value is -3.08. The van der Waals surface area contributed by atoms with Gasteiger partial charge in [-0.05, 0) is 37.3 Å². The minimum absolute atomic E-state index is 0.227. The van der Waals surface area contributed by atoms with Gasteiger partial charge in [0.05, 0.1) is 23.2 Å². The number of halogens is 1. The fourth-order valence-corrected chi connectivity index (χ4v) is 7.04. The van der Waals surface area contributed by atoms with E-state index in [1.807, 2.05) is 0 Å². The number of para-hydroxylation sites is 1. The van der Waals surface area contributed by atoms with E-state index in [-0.39, 0.29) is 29.9 Å². The maximum atomic E-state index is 13.8. The monoisotopic (exact) mass is 530 g/mol. The molecule has 1 fully saturated rings. The van der Waals surface area contributed by atoms with E-state index >= 15 is 0 Å². The Morgan fingerprint density at radius 3 is 2.57 bits per heavy atom. The van der Waals surface area contributed by atoms with Crippen LogP contribution >= 0.6 is 34.7 Å². The van der Waals surface area contributed by atoms with Crippen molar-refractivity contribution in [1.29, 1.82) is 0 Å². The van der Waals surface area contributed by atoms with Crippen LogP contribution in [-0.4, -0.2) is 41.2 Å². The number of aromatic nitrogens is 1. The number of hydrogen-bond donors (Lipinski definition) is 1. The molecule has 0 radical (unpaired) electrons. The third kappa shape index (κ3) is 4.26. The van der Waals surface area contributed by atoms with Crippen LogP contribution in [0.25, 0.3) is 0 Å². The number of carbonyl (C=O) groups excluding carboxylic acids is 3. The highest BCUT2D eigenvalue weighted by molar-refractivity contribution is 8.00. The maximum absolute atomic E-state index is 13.8. The molecule has 1 saturated heterocycles. The standard InChI is InChI=1S/C24H19ClN2O6S2/c1-2-32-16(28)11-33-15-6-4-3-5-14(15)17-18-20(34-21-19(17)35-24(31)26-21)23(30)27(22(18)29)13-9-7-12(25)8-10-13/h3-10,17-18,20H,2,11H2,1H3,(H,26,31)/t17-,18-,20+/m0/s1. The van der Waals surface area contributed by atoms with E-state index < -0.39 is 23.1 Å². The maximum Gasteiger partial charge on any atom is 0.344 e. The van der Waals surface area contributed by atoms with Gasteiger partial charge in [-0.2, -0.15) is 0 Å². The third-order valence-corrected chi connectivity index (χ3v) is 8.47. The lowest BCUT2D eigenvalue weighted by Crippen LogP contribution is -2.32. The van der Waals surface area contributed by atoms with Gasteiger partial charge in [0.25, 0.3) is 0 Å². The molecule has 3 atom stereocenters. The Morgan fingerprint density at radius 1 is 1.09 bits per heavy atom. The second-order valence-corrected chi connectivity index (χ2v) is 10.5. The molecule has 180 valence electrons. The zero-order chi connectivity index (χ0) is 24.7. The number of nitrogens with zero attached hydrogens (tertiary/aromatic N) is 1. The van der Waals surface area contributed by atoms with Gasteiger partial charge in [0.1, 0.15) is 11.0 Å². The summed E-state index contributed by atoms with van der Waals surface area (Å²) in [6.07, 6.45) is 0. The molecule has 35 heavy (non-hydrogen) atoms. The Morgan fingerprint density at radius 2 is 1.83 bits per heavy atom. The lowest BCUT2D eigenvalue weighted by Gasteiger charge is -2.30. The molecule has 2 aliphatic rings. The second kappa shape index (κ2) is 9.52. The predicted molar refractivity (Wildman–Crippen MR) is 132 cm³/mol. The van der Waals surface area contributed by atoms with Crippen molar-refractivity contribution in [3.05, 3.63) is 73.7 Å². The number of carbonyl (C=O) groups is 3. The summed E-state index contributed by atoms with van der Waals surface area (Å²) in [5.41, 5.74) is 1.05. The van der Waals surface area contributed by atoms with Gasteiger partial charge in [-0.15, -0.1) is 0 Å². The number of esters is 1.